The third kappa shape index (κ3) is 19.8. The molecular formula is C110H131Cl2LiSi11. The molecule has 15 rings (SSSR count). The number of benzene rings is 15. The van der Waals surface area contributed by atoms with E-state index in [1.54, 1.807) is 62.2 Å². The van der Waals surface area contributed by atoms with Gasteiger partial charge >= 0.3 is 18.9 Å². The fraction of sp³-hybridized carbons (Fsp3) is 0.182. The summed E-state index contributed by atoms with van der Waals surface area (Å²) in [5.41, 5.74) is 7.93. The molecule has 15 aromatic rings. The maximum atomic E-state index is 6.08. The molecular weight excluding hydrogens is 1710 g/mol. The first-order valence-electron chi connectivity index (χ1n) is 43.0. The Morgan fingerprint density at radius 1 is 0.161 bits per heavy atom. The molecule has 0 N–H and O–H groups in total. The monoisotopic (exact) mass is 1840 g/mol. The molecule has 0 spiro atoms. The number of rotatable bonds is 22. The quantitative estimate of drug-likeness (QED) is 0.0360. The van der Waals surface area contributed by atoms with Gasteiger partial charge in [-0.15, -0.1) is 0 Å². The first kappa shape index (κ1) is 99.6. The summed E-state index contributed by atoms with van der Waals surface area (Å²) in [6.45, 7) is 41.4. The van der Waals surface area contributed by atoms with Gasteiger partial charge in [-0.1, -0.05) is 608 Å². The van der Waals surface area contributed by atoms with Gasteiger partial charge in [-0.05, 0) is 41.5 Å². The number of hydrogen-bond donors (Lipinski definition) is 0. The topological polar surface area (TPSA) is 0 Å². The molecule has 0 aliphatic rings. The van der Waals surface area contributed by atoms with Crippen LogP contribution in [0.15, 0.2) is 419 Å². The summed E-state index contributed by atoms with van der Waals surface area (Å²) in [6.07, 6.45) is 0. The summed E-state index contributed by atoms with van der Waals surface area (Å²) in [5.74, 6) is 0. The Kier molecular flexibility index (Phi) is 34.3. The van der Waals surface area contributed by atoms with Gasteiger partial charge in [0.15, 0.2) is 13.8 Å². The van der Waals surface area contributed by atoms with Crippen LogP contribution in [0.1, 0.15) is 48.2 Å². The van der Waals surface area contributed by atoms with E-state index in [-0.39, 0.29) is 33.7 Å². The van der Waals surface area contributed by atoms with Crippen molar-refractivity contribution in [2.75, 3.05) is 0 Å². The van der Waals surface area contributed by atoms with Gasteiger partial charge in [0.05, 0.1) is 28.4 Å². The molecule has 0 aromatic heterocycles. The molecule has 0 atom stereocenters. The van der Waals surface area contributed by atoms with E-state index < -0.39 is 81.4 Å². The predicted octanol–water partition coefficient (Wildman–Crippen LogP) is 17.2. The minimum absolute atomic E-state index is 0. The molecule has 0 heterocycles. The zero-order valence-electron chi connectivity index (χ0n) is 75.6. The Morgan fingerprint density at radius 2 is 0.266 bits per heavy atom. The van der Waals surface area contributed by atoms with Crippen molar-refractivity contribution >= 4 is 181 Å². The van der Waals surface area contributed by atoms with Crippen molar-refractivity contribution < 1.29 is 18.9 Å². The van der Waals surface area contributed by atoms with Crippen molar-refractivity contribution in [2.24, 2.45) is 0 Å². The van der Waals surface area contributed by atoms with Crippen molar-refractivity contribution in [3.63, 3.8) is 0 Å². The molecule has 14 heteroatoms. The average Bonchev–Trinajstić information content (AvgIpc) is 0.681. The summed E-state index contributed by atoms with van der Waals surface area (Å²) in [5, 5.41) is 23.0. The molecule has 0 aliphatic carbocycles. The number of aryl methyl sites for hydroxylation is 6. The summed E-state index contributed by atoms with van der Waals surface area (Å²) in [7, 11) is -20.6. The van der Waals surface area contributed by atoms with Crippen LogP contribution in [0.2, 0.25) is 78.6 Å². The van der Waals surface area contributed by atoms with Gasteiger partial charge in [0, 0.05) is 0 Å². The van der Waals surface area contributed by atoms with Crippen molar-refractivity contribution in [3.8, 4) is 0 Å². The molecule has 0 unspecified atom stereocenters. The minimum atomic E-state index is -2.66. The van der Waals surface area contributed by atoms with Crippen LogP contribution in [0.4, 0.5) is 0 Å². The SMILES string of the molecule is C.C.C[Si](C)(Cl)[Si](C)(C)Cl.C[Si](C)([Si](c1ccccc1)(c1ccccc1)c1ccccc1)[Si](C)(C)[Si](c1ccccc1)(c1ccccc1)c1ccccc1.Cc1ccc([Si](c2ccc(C)cc2)(c2ccc(C)cc2)[Si](C)(C)[Si](C)(C)[Si](c2ccc(C)cc2)(c2ccc(C)cc2)c2ccc(C)cc2)cc1.[Li+].c1ccc([Si-](c2ccccc2)c2ccccc2)cc1. The largest absolute Gasteiger partial charge is 1.00 e. The molecule has 0 saturated carbocycles. The molecule has 0 saturated heterocycles. The first-order chi connectivity index (χ1) is 57.8. The van der Waals surface area contributed by atoms with Crippen LogP contribution in [0.5, 0.6) is 0 Å². The third-order valence-electron chi connectivity index (χ3n) is 27.6. The van der Waals surface area contributed by atoms with Crippen LogP contribution < -0.4 is 96.7 Å². The van der Waals surface area contributed by atoms with Gasteiger partial charge in [0.1, 0.15) is 30.4 Å². The molecule has 15 aromatic carbocycles. The Hall–Kier alpha value is -8.14. The molecule has 0 fully saturated rings. The first-order valence-corrected chi connectivity index (χ1v) is 79.5. The van der Waals surface area contributed by atoms with Gasteiger partial charge in [-0.25, -0.2) is 8.80 Å². The minimum Gasteiger partial charge on any atom is -0.219 e. The second kappa shape index (κ2) is 42.6. The van der Waals surface area contributed by atoms with Crippen LogP contribution in [-0.4, -0.2) is 81.4 Å². The predicted molar refractivity (Wildman–Crippen MR) is 578 cm³/mol. The average molecular weight is 1840 g/mol. The molecule has 0 radical (unpaired) electrons. The molecule has 0 nitrogen and oxygen atoms in total. The standard InChI is InChI=1S/C46H54Si4.C40H42Si4.C18H15Si.C4H12Cl2Si2.2CH4.Li/c1-35-11-23-41(24-12-35)49(42-25-13-36(2)14-26-42,43-27-15-37(3)16-28-43)47(7,8)48(9,10)50(44-29-17-38(4)18-30-44,45-31-19-39(5)20-32-45)46-33-21-40(6)22-34-46;1-41(2,43(35-23-11-5-12-24-35,36-25-13-6-14-26-36)37-27-15-7-16-28-37)42(3,4)44(38-29-17-8-18-30-38,39-31-19-9-20-32-39)40-33-21-10-22-34-40;1-4-10-16(11-5-1)19(17-12-6-2-7-13-17)18-14-8-3-9-15-18;1-7(2,5)8(3,4)6;;;/h11-34H,1-10H3;5-34H,1-4H3;1-15H;1-4H3;2*1H4;/q;;-1;;;;+1. The summed E-state index contributed by atoms with van der Waals surface area (Å²) in [6, 6.07) is 161. The number of halogens is 2. The van der Waals surface area contributed by atoms with Crippen molar-refractivity contribution in [2.45, 2.75) is 135 Å². The van der Waals surface area contributed by atoms with Crippen LogP contribution >= 0.6 is 22.2 Å². The van der Waals surface area contributed by atoms with E-state index in [9.17, 15) is 0 Å². The maximum Gasteiger partial charge on any atom is 1.00 e. The molecule has 0 amide bonds. The van der Waals surface area contributed by atoms with Crippen molar-refractivity contribution in [1.82, 2.24) is 0 Å². The van der Waals surface area contributed by atoms with E-state index in [1.165, 1.54) is 48.9 Å². The molecule has 0 bridgehead atoms. The Balaban J connectivity index is 0.000000213. The molecule has 0 aliphatic heterocycles. The van der Waals surface area contributed by atoms with Crippen LogP contribution in [-0.2, 0) is 0 Å². The second-order valence-corrected chi connectivity index (χ2v) is 131. The fourth-order valence-corrected chi connectivity index (χ4v) is 159. The van der Waals surface area contributed by atoms with E-state index in [1.807, 2.05) is 0 Å². The summed E-state index contributed by atoms with van der Waals surface area (Å²) in [4.78, 5) is 0. The van der Waals surface area contributed by atoms with Gasteiger partial charge in [0.25, 0.3) is 0 Å². The Morgan fingerprint density at radius 3 is 0.379 bits per heavy atom. The summed E-state index contributed by atoms with van der Waals surface area (Å²) < 4.78 is 0. The van der Waals surface area contributed by atoms with E-state index in [0.717, 1.165) is 0 Å². The maximum absolute atomic E-state index is 6.08. The van der Waals surface area contributed by atoms with Gasteiger partial charge in [-0.2, -0.15) is 37.7 Å². The smallest absolute Gasteiger partial charge is 0.219 e. The Labute approximate surface area is 779 Å². The summed E-state index contributed by atoms with van der Waals surface area (Å²) >= 11 is 12.2. The van der Waals surface area contributed by atoms with Gasteiger partial charge in [-0.3, -0.25) is 0 Å². The van der Waals surface area contributed by atoms with E-state index in [2.05, 4.69) is 539 Å². The van der Waals surface area contributed by atoms with Crippen molar-refractivity contribution in [3.05, 3.63) is 452 Å². The van der Waals surface area contributed by atoms with E-state index in [0.29, 0.717) is 0 Å². The van der Waals surface area contributed by atoms with Gasteiger partial charge < -0.3 is 0 Å². The van der Waals surface area contributed by atoms with Crippen molar-refractivity contribution in [1.29, 1.82) is 0 Å². The van der Waals surface area contributed by atoms with E-state index >= 15 is 0 Å². The number of hydrogen-bond acceptors (Lipinski definition) is 0. The second-order valence-electron chi connectivity index (χ2n) is 36.3. The van der Waals surface area contributed by atoms with E-state index in [4.69, 9.17) is 22.2 Å². The van der Waals surface area contributed by atoms with Crippen LogP contribution in [0.25, 0.3) is 0 Å². The third-order valence-corrected chi connectivity index (χ3v) is 171. The van der Waals surface area contributed by atoms with Crippen LogP contribution in [0, 0.1) is 41.5 Å². The normalized spacial score (nSPS) is 12.0. The Bertz CT molecular complexity index is 4920. The zero-order chi connectivity index (χ0) is 86.5. The molecule has 124 heavy (non-hydrogen) atoms. The van der Waals surface area contributed by atoms with Crippen LogP contribution in [0.3, 0.4) is 0 Å². The van der Waals surface area contributed by atoms with Gasteiger partial charge in [0.2, 0.25) is 0 Å². The fourth-order valence-electron chi connectivity index (χ4n) is 19.5. The molecule has 630 valence electrons. The zero-order valence-corrected chi connectivity index (χ0v) is 88.1.